The number of anilines is 1. The molecule has 1 aromatic rings. The maximum Gasteiger partial charge on any atom is 0.407 e. The van der Waals surface area contributed by atoms with Gasteiger partial charge in [-0.2, -0.15) is 5.26 Å². The second kappa shape index (κ2) is 7.05. The third-order valence-corrected chi connectivity index (χ3v) is 3.67. The molecule has 0 bridgehead atoms. The third kappa shape index (κ3) is 5.00. The van der Waals surface area contributed by atoms with Crippen LogP contribution in [0.3, 0.4) is 0 Å². The number of hydrogen-bond donors (Lipinski definition) is 1. The average molecular weight is 337 g/mol. The third-order valence-electron chi connectivity index (χ3n) is 3.39. The van der Waals surface area contributed by atoms with Crippen LogP contribution in [0, 0.1) is 11.3 Å². The number of rotatable bonds is 2. The van der Waals surface area contributed by atoms with E-state index in [-0.39, 0.29) is 6.04 Å². The van der Waals surface area contributed by atoms with E-state index >= 15 is 0 Å². The van der Waals surface area contributed by atoms with Gasteiger partial charge in [0.15, 0.2) is 0 Å². The smallest absolute Gasteiger partial charge is 0.407 e. The summed E-state index contributed by atoms with van der Waals surface area (Å²) >= 11 is 6.21. The molecule has 1 fully saturated rings. The van der Waals surface area contributed by atoms with Crippen molar-refractivity contribution in [3.63, 3.8) is 0 Å². The first-order chi connectivity index (χ1) is 10.8. The molecule has 0 aromatic carbocycles. The first kappa shape index (κ1) is 17.4. The Kier molecular flexibility index (Phi) is 5.32. The van der Waals surface area contributed by atoms with E-state index in [1.165, 1.54) is 6.20 Å². The molecule has 6 nitrogen and oxygen atoms in total. The first-order valence-corrected chi connectivity index (χ1v) is 7.96. The number of pyridine rings is 1. The number of aromatic nitrogens is 1. The molecule has 1 aliphatic heterocycles. The Hall–Kier alpha value is -2.00. The summed E-state index contributed by atoms with van der Waals surface area (Å²) in [5, 5.41) is 12.2. The lowest BCUT2D eigenvalue weighted by Crippen LogP contribution is -2.49. The van der Waals surface area contributed by atoms with Crippen molar-refractivity contribution in [1.82, 2.24) is 10.3 Å². The molecular formula is C16H21ClN4O2. The molecule has 1 amide bonds. The van der Waals surface area contributed by atoms with Gasteiger partial charge in [-0.3, -0.25) is 0 Å². The predicted molar refractivity (Wildman–Crippen MR) is 88.6 cm³/mol. The van der Waals surface area contributed by atoms with Gasteiger partial charge >= 0.3 is 6.09 Å². The van der Waals surface area contributed by atoms with Gasteiger partial charge in [0.05, 0.1) is 10.6 Å². The minimum Gasteiger partial charge on any atom is -0.444 e. The summed E-state index contributed by atoms with van der Waals surface area (Å²) < 4.78 is 5.29. The largest absolute Gasteiger partial charge is 0.444 e. The summed E-state index contributed by atoms with van der Waals surface area (Å²) in [7, 11) is 0. The molecule has 0 aliphatic carbocycles. The fourth-order valence-electron chi connectivity index (χ4n) is 2.49. The van der Waals surface area contributed by atoms with Crippen molar-refractivity contribution < 1.29 is 9.53 Å². The number of nitriles is 1. The fraction of sp³-hybridized carbons (Fsp3) is 0.562. The standard InChI is InChI=1S/C16H21ClN4O2/c1-16(2,3)23-15(22)20-12-5-4-6-21(10-12)14-13(17)7-11(8-18)9-19-14/h7,9,12H,4-6,10H2,1-3H3,(H,20,22)/t12-/m0/s1. The zero-order chi connectivity index (χ0) is 17.0. The lowest BCUT2D eigenvalue weighted by Gasteiger charge is -2.34. The average Bonchev–Trinajstić information content (AvgIpc) is 2.45. The van der Waals surface area contributed by atoms with Crippen molar-refractivity contribution in [3.8, 4) is 6.07 Å². The van der Waals surface area contributed by atoms with E-state index in [1.54, 1.807) is 6.07 Å². The summed E-state index contributed by atoms with van der Waals surface area (Å²) in [6, 6.07) is 3.60. The van der Waals surface area contributed by atoms with Gasteiger partial charge in [0.25, 0.3) is 0 Å². The number of carbonyl (C=O) groups excluding carboxylic acids is 1. The molecule has 2 heterocycles. The van der Waals surface area contributed by atoms with E-state index in [1.807, 2.05) is 31.7 Å². The summed E-state index contributed by atoms with van der Waals surface area (Å²) in [6.07, 6.45) is 2.89. The van der Waals surface area contributed by atoms with Crippen LogP contribution in [0.25, 0.3) is 0 Å². The molecule has 0 radical (unpaired) electrons. The van der Waals surface area contributed by atoms with Gasteiger partial charge in [0.2, 0.25) is 0 Å². The van der Waals surface area contributed by atoms with Crippen LogP contribution in [-0.4, -0.2) is 35.8 Å². The van der Waals surface area contributed by atoms with Gasteiger partial charge in [0.1, 0.15) is 17.5 Å². The first-order valence-electron chi connectivity index (χ1n) is 7.58. The van der Waals surface area contributed by atoms with Crippen LogP contribution >= 0.6 is 11.6 Å². The Balaban J connectivity index is 2.01. The lowest BCUT2D eigenvalue weighted by atomic mass is 10.1. The highest BCUT2D eigenvalue weighted by molar-refractivity contribution is 6.33. The van der Waals surface area contributed by atoms with E-state index in [4.69, 9.17) is 21.6 Å². The van der Waals surface area contributed by atoms with Crippen LogP contribution in [0.1, 0.15) is 39.2 Å². The van der Waals surface area contributed by atoms with Crippen molar-refractivity contribution in [3.05, 3.63) is 22.8 Å². The molecule has 1 saturated heterocycles. The second-order valence-corrected chi connectivity index (χ2v) is 6.98. The molecule has 1 aromatic heterocycles. The van der Waals surface area contributed by atoms with Crippen LogP contribution in [0.15, 0.2) is 12.3 Å². The monoisotopic (exact) mass is 336 g/mol. The Labute approximate surface area is 141 Å². The quantitative estimate of drug-likeness (QED) is 0.897. The zero-order valence-corrected chi connectivity index (χ0v) is 14.4. The fourth-order valence-corrected chi connectivity index (χ4v) is 2.77. The number of ether oxygens (including phenoxy) is 1. The molecule has 0 unspecified atom stereocenters. The number of hydrogen-bond acceptors (Lipinski definition) is 5. The number of alkyl carbamates (subject to hydrolysis) is 1. The number of nitrogens with one attached hydrogen (secondary N) is 1. The van der Waals surface area contributed by atoms with Gasteiger partial charge in [-0.25, -0.2) is 9.78 Å². The van der Waals surface area contributed by atoms with Crippen LogP contribution in [0.4, 0.5) is 10.6 Å². The predicted octanol–water partition coefficient (Wildman–Crippen LogP) is 3.10. The Morgan fingerprint density at radius 2 is 2.30 bits per heavy atom. The minimum atomic E-state index is -0.517. The molecular weight excluding hydrogens is 316 g/mol. The van der Waals surface area contributed by atoms with E-state index in [0.717, 1.165) is 19.4 Å². The van der Waals surface area contributed by atoms with Gasteiger partial charge in [-0.1, -0.05) is 11.6 Å². The molecule has 7 heteroatoms. The van der Waals surface area contributed by atoms with Gasteiger partial charge in [-0.05, 0) is 39.7 Å². The van der Waals surface area contributed by atoms with Crippen molar-refractivity contribution >= 4 is 23.5 Å². The number of halogens is 1. The van der Waals surface area contributed by atoms with E-state index in [9.17, 15) is 4.79 Å². The highest BCUT2D eigenvalue weighted by atomic mass is 35.5. The zero-order valence-electron chi connectivity index (χ0n) is 13.6. The molecule has 2 rings (SSSR count). The molecule has 23 heavy (non-hydrogen) atoms. The van der Waals surface area contributed by atoms with Crippen molar-refractivity contribution in [2.75, 3.05) is 18.0 Å². The van der Waals surface area contributed by atoms with Gasteiger partial charge < -0.3 is 15.0 Å². The molecule has 0 saturated carbocycles. The Bertz CT molecular complexity index is 621. The summed E-state index contributed by atoms with van der Waals surface area (Å²) in [5.41, 5.74) is -0.0876. The molecule has 124 valence electrons. The highest BCUT2D eigenvalue weighted by Gasteiger charge is 2.25. The van der Waals surface area contributed by atoms with E-state index < -0.39 is 11.7 Å². The molecule has 1 N–H and O–H groups in total. The van der Waals surface area contributed by atoms with Gasteiger partial charge in [-0.15, -0.1) is 0 Å². The number of nitrogens with zero attached hydrogens (tertiary/aromatic N) is 3. The highest BCUT2D eigenvalue weighted by Crippen LogP contribution is 2.26. The van der Waals surface area contributed by atoms with Crippen molar-refractivity contribution in [1.29, 1.82) is 5.26 Å². The molecule has 0 spiro atoms. The summed E-state index contributed by atoms with van der Waals surface area (Å²) in [4.78, 5) is 18.2. The second-order valence-electron chi connectivity index (χ2n) is 6.57. The normalized spacial score (nSPS) is 18.2. The Morgan fingerprint density at radius 3 is 2.91 bits per heavy atom. The topological polar surface area (TPSA) is 78.2 Å². The van der Waals surface area contributed by atoms with Crippen LogP contribution in [0.2, 0.25) is 5.02 Å². The minimum absolute atomic E-state index is 0.0212. The van der Waals surface area contributed by atoms with Gasteiger partial charge in [0, 0.05) is 25.3 Å². The van der Waals surface area contributed by atoms with Crippen LogP contribution in [-0.2, 0) is 4.74 Å². The summed E-state index contributed by atoms with van der Waals surface area (Å²) in [6.45, 7) is 6.92. The maximum atomic E-state index is 11.9. The molecule has 1 aliphatic rings. The van der Waals surface area contributed by atoms with E-state index in [2.05, 4.69) is 10.3 Å². The summed E-state index contributed by atoms with van der Waals surface area (Å²) in [5.74, 6) is 0.640. The van der Waals surface area contributed by atoms with Crippen LogP contribution in [0.5, 0.6) is 0 Å². The molecule has 1 atom stereocenters. The van der Waals surface area contributed by atoms with E-state index in [0.29, 0.717) is 22.9 Å². The Morgan fingerprint density at radius 1 is 1.57 bits per heavy atom. The van der Waals surface area contributed by atoms with Crippen molar-refractivity contribution in [2.24, 2.45) is 0 Å². The van der Waals surface area contributed by atoms with Crippen molar-refractivity contribution in [2.45, 2.75) is 45.3 Å². The van der Waals surface area contributed by atoms with Crippen LogP contribution < -0.4 is 10.2 Å². The number of amides is 1. The number of piperidine rings is 1. The SMILES string of the molecule is CC(C)(C)OC(=O)N[C@H]1CCCN(c2ncc(C#N)cc2Cl)C1. The number of carbonyl (C=O) groups is 1. The maximum absolute atomic E-state index is 11.9. The lowest BCUT2D eigenvalue weighted by molar-refractivity contribution is 0.0500.